The lowest BCUT2D eigenvalue weighted by Crippen LogP contribution is -2.55. The van der Waals surface area contributed by atoms with Crippen LogP contribution in [0.4, 0.5) is 5.69 Å². The van der Waals surface area contributed by atoms with Crippen LogP contribution in [0.5, 0.6) is 5.75 Å². The lowest BCUT2D eigenvalue weighted by atomic mass is 10.1. The molecule has 0 aliphatic carbocycles. The van der Waals surface area contributed by atoms with E-state index in [0.717, 1.165) is 26.6 Å². The Bertz CT molecular complexity index is 1490. The molecule has 3 aromatic carbocycles. The van der Waals surface area contributed by atoms with Crippen molar-refractivity contribution in [3.05, 3.63) is 89.0 Å². The van der Waals surface area contributed by atoms with Gasteiger partial charge in [-0.25, -0.2) is 8.42 Å². The summed E-state index contributed by atoms with van der Waals surface area (Å²) in [7, 11) is -2.74. The van der Waals surface area contributed by atoms with Crippen molar-refractivity contribution in [2.45, 2.75) is 77.9 Å². The third kappa shape index (κ3) is 8.12. The summed E-state index contributed by atoms with van der Waals surface area (Å²) >= 11 is 0. The van der Waals surface area contributed by atoms with Gasteiger partial charge >= 0.3 is 0 Å². The molecule has 0 aliphatic rings. The van der Waals surface area contributed by atoms with Gasteiger partial charge in [0.2, 0.25) is 11.8 Å². The zero-order valence-electron chi connectivity index (χ0n) is 25.9. The molecule has 42 heavy (non-hydrogen) atoms. The number of aryl methyl sites for hydroxylation is 3. The van der Waals surface area contributed by atoms with Crippen molar-refractivity contribution >= 4 is 27.5 Å². The third-order valence-electron chi connectivity index (χ3n) is 6.85. The van der Waals surface area contributed by atoms with Crippen molar-refractivity contribution in [1.82, 2.24) is 10.2 Å². The molecule has 0 saturated carbocycles. The van der Waals surface area contributed by atoms with Crippen LogP contribution in [0.3, 0.4) is 0 Å². The number of carbonyl (C=O) groups excluding carboxylic acids is 2. The van der Waals surface area contributed by atoms with E-state index in [1.807, 2.05) is 78.8 Å². The van der Waals surface area contributed by atoms with Crippen LogP contribution in [-0.4, -0.2) is 50.4 Å². The summed E-state index contributed by atoms with van der Waals surface area (Å²) in [5.41, 5.74) is 3.33. The first-order chi connectivity index (χ1) is 19.7. The number of hydrogen-bond acceptors (Lipinski definition) is 5. The molecule has 0 fully saturated rings. The van der Waals surface area contributed by atoms with Crippen LogP contribution in [0, 0.1) is 20.8 Å². The normalized spacial score (nSPS) is 12.4. The summed E-state index contributed by atoms with van der Waals surface area (Å²) in [6, 6.07) is 18.6. The minimum absolute atomic E-state index is 0.0482. The second-order valence-corrected chi connectivity index (χ2v) is 13.5. The largest absolute Gasteiger partial charge is 0.495 e. The average molecular weight is 594 g/mol. The topological polar surface area (TPSA) is 96.0 Å². The summed E-state index contributed by atoms with van der Waals surface area (Å²) in [6.45, 7) is 12.8. The van der Waals surface area contributed by atoms with E-state index in [4.69, 9.17) is 4.74 Å². The summed E-state index contributed by atoms with van der Waals surface area (Å²) in [5.74, 6) is -0.496. The smallest absolute Gasteiger partial charge is 0.264 e. The van der Waals surface area contributed by atoms with Gasteiger partial charge in [0.25, 0.3) is 10.0 Å². The number of nitrogens with zero attached hydrogens (tertiary/aromatic N) is 2. The predicted octanol–water partition coefficient (Wildman–Crippen LogP) is 5.54. The summed E-state index contributed by atoms with van der Waals surface area (Å²) in [6.07, 6.45) is 0.345. The molecule has 0 spiro atoms. The number of carbonyl (C=O) groups is 2. The fraction of sp³-hybridized carbons (Fsp3) is 0.394. The van der Waals surface area contributed by atoms with Crippen LogP contribution < -0.4 is 14.4 Å². The summed E-state index contributed by atoms with van der Waals surface area (Å²) in [5, 5.41) is 2.99. The number of hydrogen-bond donors (Lipinski definition) is 1. The molecule has 3 aromatic rings. The minimum Gasteiger partial charge on any atom is -0.495 e. The van der Waals surface area contributed by atoms with Crippen LogP contribution in [-0.2, 0) is 26.2 Å². The standard InChI is InChI=1S/C33H43N3O5S/c1-9-28(32(38)34-33(5,6)7)35(21-26-15-10-23(2)11-16-26)31(37)22-36(29-20-25(4)14-19-30(29)41-8)42(39,40)27-17-12-24(3)13-18-27/h10-20,28H,9,21-22H2,1-8H3,(H,34,38)/t28-/m1/s1. The van der Waals surface area contributed by atoms with Crippen molar-refractivity contribution < 1.29 is 22.7 Å². The molecule has 226 valence electrons. The van der Waals surface area contributed by atoms with Crippen molar-refractivity contribution in [1.29, 1.82) is 0 Å². The summed E-state index contributed by atoms with van der Waals surface area (Å²) < 4.78 is 34.9. The van der Waals surface area contributed by atoms with E-state index in [2.05, 4.69) is 5.32 Å². The van der Waals surface area contributed by atoms with Gasteiger partial charge in [-0.15, -0.1) is 0 Å². The zero-order chi connectivity index (χ0) is 31.2. The molecule has 0 aliphatic heterocycles. The Hall–Kier alpha value is -3.85. The van der Waals surface area contributed by atoms with Gasteiger partial charge in [-0.05, 0) is 83.4 Å². The molecule has 0 radical (unpaired) electrons. The van der Waals surface area contributed by atoms with Gasteiger partial charge in [-0.2, -0.15) is 0 Å². The minimum atomic E-state index is -4.20. The molecule has 0 aromatic heterocycles. The van der Waals surface area contributed by atoms with Crippen LogP contribution in [0.2, 0.25) is 0 Å². The number of methoxy groups -OCH3 is 1. The Kier molecular flexibility index (Phi) is 10.4. The first-order valence-electron chi connectivity index (χ1n) is 14.1. The molecule has 0 heterocycles. The molecule has 0 saturated heterocycles. The zero-order valence-corrected chi connectivity index (χ0v) is 26.7. The monoisotopic (exact) mass is 593 g/mol. The Morgan fingerprint density at radius 1 is 0.881 bits per heavy atom. The van der Waals surface area contributed by atoms with Gasteiger partial charge < -0.3 is 15.0 Å². The maximum Gasteiger partial charge on any atom is 0.264 e. The van der Waals surface area contributed by atoms with Crippen molar-refractivity contribution in [3.63, 3.8) is 0 Å². The third-order valence-corrected chi connectivity index (χ3v) is 8.62. The molecule has 2 amide bonds. The van der Waals surface area contributed by atoms with Gasteiger partial charge in [0.05, 0.1) is 17.7 Å². The molecule has 8 nitrogen and oxygen atoms in total. The second kappa shape index (κ2) is 13.4. The lowest BCUT2D eigenvalue weighted by Gasteiger charge is -2.35. The Morgan fingerprint density at radius 3 is 1.95 bits per heavy atom. The van der Waals surface area contributed by atoms with E-state index in [-0.39, 0.29) is 23.0 Å². The van der Waals surface area contributed by atoms with Gasteiger partial charge in [-0.3, -0.25) is 13.9 Å². The van der Waals surface area contributed by atoms with E-state index >= 15 is 0 Å². The highest BCUT2D eigenvalue weighted by molar-refractivity contribution is 7.92. The highest BCUT2D eigenvalue weighted by Gasteiger charge is 2.35. The highest BCUT2D eigenvalue weighted by Crippen LogP contribution is 2.34. The molecule has 0 bridgehead atoms. The van der Waals surface area contributed by atoms with Crippen LogP contribution >= 0.6 is 0 Å². The molecular formula is C33H43N3O5S. The maximum absolute atomic E-state index is 14.3. The van der Waals surface area contributed by atoms with Gasteiger partial charge in [-0.1, -0.05) is 60.5 Å². The van der Waals surface area contributed by atoms with E-state index in [9.17, 15) is 18.0 Å². The number of benzene rings is 3. The Balaban J connectivity index is 2.14. The molecule has 1 N–H and O–H groups in total. The van der Waals surface area contributed by atoms with Crippen molar-refractivity contribution in [2.24, 2.45) is 0 Å². The molecule has 1 atom stereocenters. The number of ether oxygens (including phenoxy) is 1. The number of anilines is 1. The molecular weight excluding hydrogens is 550 g/mol. The second-order valence-electron chi connectivity index (χ2n) is 11.7. The number of rotatable bonds is 11. The first-order valence-corrected chi connectivity index (χ1v) is 15.5. The molecule has 0 unspecified atom stereocenters. The fourth-order valence-corrected chi connectivity index (χ4v) is 6.02. The van der Waals surface area contributed by atoms with E-state index in [1.165, 1.54) is 24.1 Å². The Labute approximate surface area is 250 Å². The fourth-order valence-electron chi connectivity index (χ4n) is 4.61. The van der Waals surface area contributed by atoms with Crippen LogP contribution in [0.1, 0.15) is 56.4 Å². The highest BCUT2D eigenvalue weighted by atomic mass is 32.2. The molecule has 3 rings (SSSR count). The van der Waals surface area contributed by atoms with Crippen molar-refractivity contribution in [2.75, 3.05) is 18.0 Å². The van der Waals surface area contributed by atoms with Crippen LogP contribution in [0.25, 0.3) is 0 Å². The van der Waals surface area contributed by atoms with Gasteiger partial charge in [0.1, 0.15) is 18.3 Å². The number of nitrogens with one attached hydrogen (secondary N) is 1. The lowest BCUT2D eigenvalue weighted by molar-refractivity contribution is -0.141. The van der Waals surface area contributed by atoms with E-state index < -0.39 is 34.1 Å². The maximum atomic E-state index is 14.3. The van der Waals surface area contributed by atoms with Gasteiger partial charge in [0.15, 0.2) is 0 Å². The van der Waals surface area contributed by atoms with Crippen LogP contribution in [0.15, 0.2) is 71.6 Å². The Morgan fingerprint density at radius 2 is 1.43 bits per heavy atom. The SMILES string of the molecule is CC[C@H](C(=O)NC(C)(C)C)N(Cc1ccc(C)cc1)C(=O)CN(c1cc(C)ccc1OC)S(=O)(=O)c1ccc(C)cc1. The summed E-state index contributed by atoms with van der Waals surface area (Å²) in [4.78, 5) is 29.3. The van der Waals surface area contributed by atoms with E-state index in [0.29, 0.717) is 12.2 Å². The predicted molar refractivity (Wildman–Crippen MR) is 167 cm³/mol. The van der Waals surface area contributed by atoms with E-state index in [1.54, 1.807) is 24.3 Å². The van der Waals surface area contributed by atoms with Crippen molar-refractivity contribution in [3.8, 4) is 5.75 Å². The average Bonchev–Trinajstić information content (AvgIpc) is 2.91. The quantitative estimate of drug-likeness (QED) is 0.315. The number of sulfonamides is 1. The first kappa shape index (κ1) is 32.7. The molecule has 9 heteroatoms. The number of amides is 2. The van der Waals surface area contributed by atoms with Gasteiger partial charge in [0, 0.05) is 12.1 Å².